The van der Waals surface area contributed by atoms with Crippen LogP contribution in [0, 0.1) is 17.8 Å². The summed E-state index contributed by atoms with van der Waals surface area (Å²) in [5.74, 6) is 2.86. The van der Waals surface area contributed by atoms with E-state index in [1.165, 1.54) is 25.8 Å². The van der Waals surface area contributed by atoms with Crippen LogP contribution in [0.1, 0.15) is 33.1 Å². The number of hydrogen-bond donors (Lipinski definition) is 1. The van der Waals surface area contributed by atoms with Crippen molar-refractivity contribution in [2.45, 2.75) is 39.2 Å². The average molecular weight is 153 g/mol. The van der Waals surface area contributed by atoms with Crippen molar-refractivity contribution >= 4 is 0 Å². The molecule has 1 aliphatic heterocycles. The van der Waals surface area contributed by atoms with Crippen LogP contribution in [-0.4, -0.2) is 12.6 Å². The zero-order valence-corrected chi connectivity index (χ0v) is 7.64. The maximum Gasteiger partial charge on any atom is 0.00980 e. The maximum absolute atomic E-state index is 3.66. The van der Waals surface area contributed by atoms with E-state index in [0.717, 1.165) is 23.8 Å². The lowest BCUT2D eigenvalue weighted by Crippen LogP contribution is -2.46. The van der Waals surface area contributed by atoms with Gasteiger partial charge in [-0.2, -0.15) is 0 Å². The largest absolute Gasteiger partial charge is 0.313 e. The number of nitrogens with one attached hydrogen (secondary N) is 1. The fourth-order valence-corrected chi connectivity index (χ4v) is 2.82. The number of fused-ring (bicyclic) bond motifs is 1. The normalized spacial score (nSPS) is 50.7. The third kappa shape index (κ3) is 1.20. The molecule has 0 bridgehead atoms. The molecule has 0 aromatic carbocycles. The van der Waals surface area contributed by atoms with E-state index in [2.05, 4.69) is 19.2 Å². The SMILES string of the molecule is CC1CNC2CCCC2C1C. The Hall–Kier alpha value is -0.0400. The van der Waals surface area contributed by atoms with Gasteiger partial charge in [-0.25, -0.2) is 0 Å². The van der Waals surface area contributed by atoms with Crippen molar-refractivity contribution in [2.24, 2.45) is 17.8 Å². The molecule has 1 N–H and O–H groups in total. The Bertz CT molecular complexity index is 144. The first-order valence-corrected chi connectivity index (χ1v) is 5.02. The van der Waals surface area contributed by atoms with Crippen LogP contribution in [0.4, 0.5) is 0 Å². The molecule has 0 spiro atoms. The third-order valence-electron chi connectivity index (χ3n) is 3.84. The van der Waals surface area contributed by atoms with E-state index in [9.17, 15) is 0 Å². The fourth-order valence-electron chi connectivity index (χ4n) is 2.82. The molecule has 0 amide bonds. The van der Waals surface area contributed by atoms with Gasteiger partial charge >= 0.3 is 0 Å². The molecule has 1 saturated heterocycles. The van der Waals surface area contributed by atoms with Crippen LogP contribution in [0.5, 0.6) is 0 Å². The summed E-state index contributed by atoms with van der Waals surface area (Å²) < 4.78 is 0. The summed E-state index contributed by atoms with van der Waals surface area (Å²) in [6.45, 7) is 6.07. The summed E-state index contributed by atoms with van der Waals surface area (Å²) in [4.78, 5) is 0. The van der Waals surface area contributed by atoms with E-state index < -0.39 is 0 Å². The molecule has 1 heterocycles. The molecule has 4 atom stereocenters. The third-order valence-corrected chi connectivity index (χ3v) is 3.84. The minimum atomic E-state index is 0.876. The molecule has 1 nitrogen and oxygen atoms in total. The van der Waals surface area contributed by atoms with E-state index >= 15 is 0 Å². The van der Waals surface area contributed by atoms with Gasteiger partial charge in [-0.1, -0.05) is 20.3 Å². The van der Waals surface area contributed by atoms with Crippen LogP contribution in [0.3, 0.4) is 0 Å². The molecule has 4 unspecified atom stereocenters. The Morgan fingerprint density at radius 1 is 1.18 bits per heavy atom. The second-order valence-corrected chi connectivity index (χ2v) is 4.45. The lowest BCUT2D eigenvalue weighted by Gasteiger charge is -2.37. The molecule has 0 aromatic rings. The molecule has 2 fully saturated rings. The molecule has 0 radical (unpaired) electrons. The summed E-state index contributed by atoms with van der Waals surface area (Å²) in [5, 5.41) is 3.66. The van der Waals surface area contributed by atoms with E-state index in [1.54, 1.807) is 0 Å². The number of hydrogen-bond acceptors (Lipinski definition) is 1. The summed E-state index contributed by atoms with van der Waals surface area (Å²) in [6.07, 6.45) is 4.37. The first kappa shape index (κ1) is 7.60. The summed E-state index contributed by atoms with van der Waals surface area (Å²) in [5.41, 5.74) is 0. The van der Waals surface area contributed by atoms with Gasteiger partial charge in [0, 0.05) is 6.04 Å². The van der Waals surface area contributed by atoms with E-state index in [1.807, 2.05) is 0 Å². The molecule has 1 saturated carbocycles. The predicted octanol–water partition coefficient (Wildman–Crippen LogP) is 2.03. The van der Waals surface area contributed by atoms with Crippen molar-refractivity contribution in [1.82, 2.24) is 5.32 Å². The summed E-state index contributed by atoms with van der Waals surface area (Å²) >= 11 is 0. The van der Waals surface area contributed by atoms with Gasteiger partial charge in [0.25, 0.3) is 0 Å². The minimum Gasteiger partial charge on any atom is -0.313 e. The van der Waals surface area contributed by atoms with Gasteiger partial charge in [0.2, 0.25) is 0 Å². The Morgan fingerprint density at radius 3 is 2.82 bits per heavy atom. The van der Waals surface area contributed by atoms with E-state index in [0.29, 0.717) is 0 Å². The molecule has 2 aliphatic rings. The standard InChI is InChI=1S/C10H19N/c1-7-6-11-10-5-3-4-9(10)8(7)2/h7-11H,3-6H2,1-2H3. The first-order chi connectivity index (χ1) is 5.29. The highest BCUT2D eigenvalue weighted by atomic mass is 14.9. The fraction of sp³-hybridized carbons (Fsp3) is 1.00. The smallest absolute Gasteiger partial charge is 0.00980 e. The summed E-state index contributed by atoms with van der Waals surface area (Å²) in [6, 6.07) is 0.876. The van der Waals surface area contributed by atoms with E-state index in [-0.39, 0.29) is 0 Å². The van der Waals surface area contributed by atoms with Crippen molar-refractivity contribution in [3.05, 3.63) is 0 Å². The minimum absolute atomic E-state index is 0.876. The van der Waals surface area contributed by atoms with Crippen LogP contribution in [0.2, 0.25) is 0 Å². The maximum atomic E-state index is 3.66. The van der Waals surface area contributed by atoms with Gasteiger partial charge in [0.1, 0.15) is 0 Å². The van der Waals surface area contributed by atoms with Gasteiger partial charge in [-0.15, -0.1) is 0 Å². The highest BCUT2D eigenvalue weighted by Crippen LogP contribution is 2.38. The van der Waals surface area contributed by atoms with Crippen LogP contribution in [0.25, 0.3) is 0 Å². The molecule has 0 aromatic heterocycles. The number of piperidine rings is 1. The lowest BCUT2D eigenvalue weighted by atomic mass is 9.78. The first-order valence-electron chi connectivity index (χ1n) is 5.02. The monoisotopic (exact) mass is 153 g/mol. The Balaban J connectivity index is 2.06. The van der Waals surface area contributed by atoms with Gasteiger partial charge in [-0.3, -0.25) is 0 Å². The van der Waals surface area contributed by atoms with Crippen molar-refractivity contribution < 1.29 is 0 Å². The molecular formula is C10H19N. The van der Waals surface area contributed by atoms with Crippen molar-refractivity contribution in [3.8, 4) is 0 Å². The highest BCUT2D eigenvalue weighted by Gasteiger charge is 2.37. The second kappa shape index (κ2) is 2.78. The van der Waals surface area contributed by atoms with Gasteiger partial charge in [0.15, 0.2) is 0 Å². The van der Waals surface area contributed by atoms with Crippen molar-refractivity contribution in [2.75, 3.05) is 6.54 Å². The Kier molecular flexibility index (Phi) is 1.92. The van der Waals surface area contributed by atoms with E-state index in [4.69, 9.17) is 0 Å². The van der Waals surface area contributed by atoms with Gasteiger partial charge < -0.3 is 5.32 Å². The lowest BCUT2D eigenvalue weighted by molar-refractivity contribution is 0.168. The molecule has 64 valence electrons. The number of rotatable bonds is 0. The van der Waals surface area contributed by atoms with Crippen LogP contribution in [0.15, 0.2) is 0 Å². The molecule has 2 rings (SSSR count). The second-order valence-electron chi connectivity index (χ2n) is 4.45. The zero-order valence-electron chi connectivity index (χ0n) is 7.64. The summed E-state index contributed by atoms with van der Waals surface area (Å²) in [7, 11) is 0. The molecule has 11 heavy (non-hydrogen) atoms. The van der Waals surface area contributed by atoms with Crippen molar-refractivity contribution in [3.63, 3.8) is 0 Å². The average Bonchev–Trinajstić information content (AvgIpc) is 2.45. The quantitative estimate of drug-likeness (QED) is 0.561. The topological polar surface area (TPSA) is 12.0 Å². The van der Waals surface area contributed by atoms with Gasteiger partial charge in [0.05, 0.1) is 0 Å². The van der Waals surface area contributed by atoms with Crippen LogP contribution < -0.4 is 5.32 Å². The van der Waals surface area contributed by atoms with Crippen LogP contribution in [-0.2, 0) is 0 Å². The zero-order chi connectivity index (χ0) is 7.84. The predicted molar refractivity (Wildman–Crippen MR) is 47.5 cm³/mol. The van der Waals surface area contributed by atoms with Crippen molar-refractivity contribution in [1.29, 1.82) is 0 Å². The Labute approximate surface area is 69.6 Å². The molecule has 1 heteroatoms. The molecular weight excluding hydrogens is 134 g/mol. The van der Waals surface area contributed by atoms with Crippen LogP contribution >= 0.6 is 0 Å². The molecule has 1 aliphatic carbocycles. The highest BCUT2D eigenvalue weighted by molar-refractivity contribution is 4.92. The Morgan fingerprint density at radius 2 is 2.00 bits per heavy atom. The van der Waals surface area contributed by atoms with Gasteiger partial charge in [-0.05, 0) is 37.1 Å².